The van der Waals surface area contributed by atoms with Crippen LogP contribution >= 0.6 is 0 Å². The first-order valence-electron chi connectivity index (χ1n) is 8.57. The number of hydrogen-bond donors (Lipinski definition) is 1. The van der Waals surface area contributed by atoms with E-state index in [9.17, 15) is 4.79 Å². The molecule has 0 heterocycles. The molecule has 110 valence electrons. The molecule has 0 saturated heterocycles. The number of amides is 1. The van der Waals surface area contributed by atoms with Gasteiger partial charge in [-0.1, -0.05) is 51.4 Å². The zero-order chi connectivity index (χ0) is 13.5. The van der Waals surface area contributed by atoms with Gasteiger partial charge in [0.15, 0.2) is 0 Å². The normalized spacial score (nSPS) is 22.8. The van der Waals surface area contributed by atoms with E-state index in [-0.39, 0.29) is 0 Å². The van der Waals surface area contributed by atoms with Crippen LogP contribution in [0.2, 0.25) is 0 Å². The molecule has 0 aromatic heterocycles. The van der Waals surface area contributed by atoms with Crippen molar-refractivity contribution in [3.63, 3.8) is 0 Å². The first-order chi connectivity index (χ1) is 9.29. The Morgan fingerprint density at radius 2 is 1.63 bits per heavy atom. The Bertz CT molecular complexity index is 264. The van der Waals surface area contributed by atoms with Crippen LogP contribution in [0.4, 0.5) is 0 Å². The fraction of sp³-hybridized carbons (Fsp3) is 0.941. The zero-order valence-electron chi connectivity index (χ0n) is 12.6. The molecule has 2 fully saturated rings. The molecule has 0 spiro atoms. The van der Waals surface area contributed by atoms with Gasteiger partial charge < -0.3 is 5.32 Å². The summed E-state index contributed by atoms with van der Waals surface area (Å²) < 4.78 is 0. The van der Waals surface area contributed by atoms with E-state index in [2.05, 4.69) is 5.32 Å². The van der Waals surface area contributed by atoms with Gasteiger partial charge in [-0.25, -0.2) is 0 Å². The van der Waals surface area contributed by atoms with Crippen molar-refractivity contribution < 1.29 is 4.79 Å². The maximum atomic E-state index is 12.2. The van der Waals surface area contributed by atoms with E-state index in [1.165, 1.54) is 57.8 Å². The Morgan fingerprint density at radius 3 is 2.21 bits per heavy atom. The maximum Gasteiger partial charge on any atom is 0.223 e. The molecule has 2 aliphatic rings. The van der Waals surface area contributed by atoms with Gasteiger partial charge >= 0.3 is 0 Å². The maximum absolute atomic E-state index is 12.2. The highest BCUT2D eigenvalue weighted by Crippen LogP contribution is 2.34. The number of hydrogen-bond acceptors (Lipinski definition) is 1. The Hall–Kier alpha value is -0.530. The van der Waals surface area contributed by atoms with Gasteiger partial charge in [0, 0.05) is 12.5 Å². The molecule has 2 nitrogen and oxygen atoms in total. The number of nitrogens with one attached hydrogen (secondary N) is 1. The molecule has 2 heteroatoms. The highest BCUT2D eigenvalue weighted by molar-refractivity contribution is 5.78. The van der Waals surface area contributed by atoms with Gasteiger partial charge in [-0.3, -0.25) is 4.79 Å². The minimum atomic E-state index is 0.295. The summed E-state index contributed by atoms with van der Waals surface area (Å²) in [4.78, 5) is 12.2. The summed E-state index contributed by atoms with van der Waals surface area (Å²) in [7, 11) is 0. The Morgan fingerprint density at radius 1 is 1.05 bits per heavy atom. The van der Waals surface area contributed by atoms with Crippen LogP contribution in [0.15, 0.2) is 0 Å². The van der Waals surface area contributed by atoms with Crippen LogP contribution in [-0.4, -0.2) is 12.5 Å². The molecule has 1 atom stereocenters. The quantitative estimate of drug-likeness (QED) is 0.731. The average Bonchev–Trinajstić information content (AvgIpc) is 3.08. The van der Waals surface area contributed by atoms with Crippen LogP contribution in [0, 0.1) is 17.8 Å². The van der Waals surface area contributed by atoms with E-state index >= 15 is 0 Å². The van der Waals surface area contributed by atoms with E-state index in [4.69, 9.17) is 0 Å². The summed E-state index contributed by atoms with van der Waals surface area (Å²) >= 11 is 0. The molecule has 2 rings (SSSR count). The topological polar surface area (TPSA) is 29.1 Å². The molecule has 0 aromatic rings. The van der Waals surface area contributed by atoms with Crippen molar-refractivity contribution in [3.05, 3.63) is 0 Å². The van der Waals surface area contributed by atoms with Gasteiger partial charge in [0.2, 0.25) is 5.91 Å². The van der Waals surface area contributed by atoms with E-state index in [0.29, 0.717) is 11.8 Å². The second-order valence-electron chi connectivity index (χ2n) is 6.71. The monoisotopic (exact) mass is 265 g/mol. The molecule has 2 aliphatic carbocycles. The molecule has 0 bridgehead atoms. The molecule has 1 unspecified atom stereocenters. The van der Waals surface area contributed by atoms with Crippen LogP contribution < -0.4 is 5.32 Å². The summed E-state index contributed by atoms with van der Waals surface area (Å²) in [5, 5.41) is 3.06. The lowest BCUT2D eigenvalue weighted by molar-refractivity contribution is -0.125. The average molecular weight is 265 g/mol. The predicted molar refractivity (Wildman–Crippen MR) is 79.9 cm³/mol. The Balaban J connectivity index is 1.79. The first-order valence-corrected chi connectivity index (χ1v) is 8.57. The van der Waals surface area contributed by atoms with Gasteiger partial charge in [-0.2, -0.15) is 0 Å². The SMILES string of the molecule is CCNC(=O)C(CCC1CCCC1)CC1CCCC1. The van der Waals surface area contributed by atoms with Crippen molar-refractivity contribution in [3.8, 4) is 0 Å². The molecule has 19 heavy (non-hydrogen) atoms. The highest BCUT2D eigenvalue weighted by Gasteiger charge is 2.26. The lowest BCUT2D eigenvalue weighted by Gasteiger charge is -2.21. The largest absolute Gasteiger partial charge is 0.356 e. The van der Waals surface area contributed by atoms with E-state index in [1.54, 1.807) is 0 Å². The Kier molecular flexibility index (Phi) is 6.19. The van der Waals surface area contributed by atoms with Crippen molar-refractivity contribution in [1.29, 1.82) is 0 Å². The highest BCUT2D eigenvalue weighted by atomic mass is 16.1. The van der Waals surface area contributed by atoms with Gasteiger partial charge in [0.1, 0.15) is 0 Å². The molecule has 1 amide bonds. The number of rotatable bonds is 7. The minimum Gasteiger partial charge on any atom is -0.356 e. The van der Waals surface area contributed by atoms with Crippen molar-refractivity contribution in [1.82, 2.24) is 5.32 Å². The minimum absolute atomic E-state index is 0.295. The molecule has 1 N–H and O–H groups in total. The summed E-state index contributed by atoms with van der Waals surface area (Å²) in [6.45, 7) is 2.81. The summed E-state index contributed by atoms with van der Waals surface area (Å²) in [6.07, 6.45) is 14.7. The molecule has 0 aliphatic heterocycles. The second-order valence-corrected chi connectivity index (χ2v) is 6.71. The molecular formula is C17H31NO. The molecule has 0 aromatic carbocycles. The van der Waals surface area contributed by atoms with Gasteiger partial charge in [-0.05, 0) is 38.0 Å². The lowest BCUT2D eigenvalue weighted by atomic mass is 9.86. The Labute approximate surface area is 118 Å². The summed E-state index contributed by atoms with van der Waals surface area (Å²) in [6, 6.07) is 0. The molecule has 2 saturated carbocycles. The standard InChI is InChI=1S/C17H31NO/c1-2-18-17(19)16(13-15-9-5-6-10-15)12-11-14-7-3-4-8-14/h14-16H,2-13H2,1H3,(H,18,19). The second kappa shape index (κ2) is 7.91. The molecule has 0 radical (unpaired) electrons. The fourth-order valence-electron chi connectivity index (χ4n) is 4.06. The van der Waals surface area contributed by atoms with Crippen molar-refractivity contribution in [2.24, 2.45) is 17.8 Å². The molecular weight excluding hydrogens is 234 g/mol. The van der Waals surface area contributed by atoms with Crippen molar-refractivity contribution in [2.75, 3.05) is 6.54 Å². The lowest BCUT2D eigenvalue weighted by Crippen LogP contribution is -2.31. The van der Waals surface area contributed by atoms with Crippen molar-refractivity contribution in [2.45, 2.75) is 77.6 Å². The summed E-state index contributed by atoms with van der Waals surface area (Å²) in [5.41, 5.74) is 0. The summed E-state index contributed by atoms with van der Waals surface area (Å²) in [5.74, 6) is 2.37. The fourth-order valence-corrected chi connectivity index (χ4v) is 4.06. The van der Waals surface area contributed by atoms with E-state index in [0.717, 1.165) is 31.2 Å². The van der Waals surface area contributed by atoms with E-state index in [1.807, 2.05) is 6.92 Å². The first kappa shape index (κ1) is 14.9. The van der Waals surface area contributed by atoms with Gasteiger partial charge in [0.05, 0.1) is 0 Å². The van der Waals surface area contributed by atoms with Crippen LogP contribution in [0.5, 0.6) is 0 Å². The van der Waals surface area contributed by atoms with Crippen LogP contribution in [0.3, 0.4) is 0 Å². The third kappa shape index (κ3) is 4.81. The van der Waals surface area contributed by atoms with Crippen molar-refractivity contribution >= 4 is 5.91 Å². The number of carbonyl (C=O) groups excluding carboxylic acids is 1. The van der Waals surface area contributed by atoms with Crippen LogP contribution in [0.25, 0.3) is 0 Å². The van der Waals surface area contributed by atoms with E-state index < -0.39 is 0 Å². The number of carbonyl (C=O) groups is 1. The van der Waals surface area contributed by atoms with Crippen LogP contribution in [0.1, 0.15) is 77.6 Å². The zero-order valence-corrected chi connectivity index (χ0v) is 12.6. The van der Waals surface area contributed by atoms with Gasteiger partial charge in [-0.15, -0.1) is 0 Å². The van der Waals surface area contributed by atoms with Gasteiger partial charge in [0.25, 0.3) is 0 Å². The predicted octanol–water partition coefficient (Wildman–Crippen LogP) is 4.29. The third-order valence-electron chi connectivity index (χ3n) is 5.21. The van der Waals surface area contributed by atoms with Crippen LogP contribution in [-0.2, 0) is 4.79 Å². The third-order valence-corrected chi connectivity index (χ3v) is 5.21. The smallest absolute Gasteiger partial charge is 0.223 e.